The van der Waals surface area contributed by atoms with E-state index in [0.717, 1.165) is 25.9 Å². The summed E-state index contributed by atoms with van der Waals surface area (Å²) < 4.78 is 0. The molecule has 1 atom stereocenters. The number of piperidine rings is 1. The minimum Gasteiger partial charge on any atom is -0.369 e. The molecule has 1 aliphatic rings. The van der Waals surface area contributed by atoms with Crippen molar-refractivity contribution in [2.75, 3.05) is 13.1 Å². The van der Waals surface area contributed by atoms with Gasteiger partial charge in [0.25, 0.3) is 0 Å². The molecule has 1 heterocycles. The van der Waals surface area contributed by atoms with Crippen LogP contribution in [0.3, 0.4) is 0 Å². The van der Waals surface area contributed by atoms with Crippen molar-refractivity contribution in [3.05, 3.63) is 0 Å². The predicted octanol–water partition coefficient (Wildman–Crippen LogP) is 0.737. The predicted molar refractivity (Wildman–Crippen MR) is 56.5 cm³/mol. The molecule has 3 N–H and O–H groups in total. The Hall–Kier alpha value is 0.300. The summed E-state index contributed by atoms with van der Waals surface area (Å²) in [6.45, 7) is 1.80. The number of hydrogen-bond acceptors (Lipinski definition) is 2. The zero-order chi connectivity index (χ0) is 6.69. The zero-order valence-corrected chi connectivity index (χ0v) is 9.07. The molecule has 0 aromatic carbocycles. The molecule has 1 rings (SSSR count). The first-order valence-corrected chi connectivity index (χ1v) is 3.31. The molecule has 0 aromatic heterocycles. The van der Waals surface area contributed by atoms with Crippen LogP contribution < -0.4 is 11.1 Å². The third-order valence-electron chi connectivity index (χ3n) is 1.70. The molecule has 0 bridgehead atoms. The van der Waals surface area contributed by atoms with Gasteiger partial charge in [0, 0.05) is 6.54 Å². The number of amides is 1. The third-order valence-corrected chi connectivity index (χ3v) is 1.70. The molecule has 1 saturated heterocycles. The highest BCUT2D eigenvalue weighted by Gasteiger charge is 2.17. The molecule has 1 aliphatic heterocycles. The van der Waals surface area contributed by atoms with Crippen LogP contribution in [-0.2, 0) is 4.79 Å². The molecule has 0 saturated carbocycles. The molecule has 3 nitrogen and oxygen atoms in total. The van der Waals surface area contributed by atoms with Crippen molar-refractivity contribution in [2.24, 2.45) is 11.7 Å². The lowest BCUT2D eigenvalue weighted by atomic mass is 9.99. The smallest absolute Gasteiger partial charge is 0.221 e. The van der Waals surface area contributed by atoms with Gasteiger partial charge >= 0.3 is 0 Å². The van der Waals surface area contributed by atoms with Crippen molar-refractivity contribution < 1.29 is 4.79 Å². The van der Waals surface area contributed by atoms with Gasteiger partial charge in [0.05, 0.1) is 5.92 Å². The lowest BCUT2D eigenvalue weighted by Crippen LogP contribution is -2.37. The Morgan fingerprint density at radius 3 is 2.17 bits per heavy atom. The number of nitrogens with two attached hydrogens (primary N) is 1. The lowest BCUT2D eigenvalue weighted by molar-refractivity contribution is -0.122. The minimum atomic E-state index is -0.165. The third kappa shape index (κ3) is 5.89. The van der Waals surface area contributed by atoms with E-state index in [1.54, 1.807) is 0 Å². The van der Waals surface area contributed by atoms with Crippen molar-refractivity contribution in [1.82, 2.24) is 5.32 Å². The second kappa shape index (κ2) is 9.39. The molecule has 1 amide bonds. The molecule has 0 spiro atoms. The molecule has 6 heteroatoms. The van der Waals surface area contributed by atoms with Crippen LogP contribution in [-0.4, -0.2) is 19.0 Å². The van der Waals surface area contributed by atoms with E-state index in [4.69, 9.17) is 5.73 Å². The average molecular weight is 238 g/mol. The van der Waals surface area contributed by atoms with Crippen LogP contribution in [0.1, 0.15) is 12.8 Å². The van der Waals surface area contributed by atoms with Crippen LogP contribution in [0.15, 0.2) is 0 Å². The largest absolute Gasteiger partial charge is 0.369 e. The fourth-order valence-corrected chi connectivity index (χ4v) is 1.09. The van der Waals surface area contributed by atoms with Gasteiger partial charge in [-0.1, -0.05) is 0 Å². The van der Waals surface area contributed by atoms with Gasteiger partial charge in [0.15, 0.2) is 0 Å². The quantitative estimate of drug-likeness (QED) is 0.707. The highest BCUT2D eigenvalue weighted by molar-refractivity contribution is 5.86. The van der Waals surface area contributed by atoms with Crippen molar-refractivity contribution in [3.63, 3.8) is 0 Å². The zero-order valence-electron chi connectivity index (χ0n) is 6.62. The van der Waals surface area contributed by atoms with E-state index in [9.17, 15) is 4.79 Å². The molecule has 0 aromatic rings. The van der Waals surface area contributed by atoms with Gasteiger partial charge in [-0.2, -0.15) is 0 Å². The van der Waals surface area contributed by atoms with E-state index in [0.29, 0.717) is 0 Å². The van der Waals surface area contributed by atoms with Crippen LogP contribution in [0, 0.1) is 5.92 Å². The maximum atomic E-state index is 10.5. The molecule has 0 aliphatic carbocycles. The molecular formula is C6H15Cl3N2O. The van der Waals surface area contributed by atoms with Gasteiger partial charge < -0.3 is 11.1 Å². The number of carbonyl (C=O) groups excluding carboxylic acids is 1. The maximum absolute atomic E-state index is 10.5. The van der Waals surface area contributed by atoms with E-state index >= 15 is 0 Å². The fourth-order valence-electron chi connectivity index (χ4n) is 1.09. The van der Waals surface area contributed by atoms with E-state index < -0.39 is 0 Å². The van der Waals surface area contributed by atoms with Crippen LogP contribution in [0.2, 0.25) is 0 Å². The van der Waals surface area contributed by atoms with Gasteiger partial charge in [-0.25, -0.2) is 0 Å². The Morgan fingerprint density at radius 2 is 1.92 bits per heavy atom. The van der Waals surface area contributed by atoms with Gasteiger partial charge in [0.2, 0.25) is 5.91 Å². The molecular weight excluding hydrogens is 222 g/mol. The van der Waals surface area contributed by atoms with Crippen molar-refractivity contribution in [2.45, 2.75) is 12.8 Å². The number of nitrogens with one attached hydrogen (secondary N) is 1. The van der Waals surface area contributed by atoms with Crippen molar-refractivity contribution >= 4 is 43.1 Å². The molecule has 12 heavy (non-hydrogen) atoms. The summed E-state index contributed by atoms with van der Waals surface area (Å²) in [7, 11) is 0. The summed E-state index contributed by atoms with van der Waals surface area (Å²) >= 11 is 0. The second-order valence-corrected chi connectivity index (χ2v) is 2.45. The van der Waals surface area contributed by atoms with E-state index in [-0.39, 0.29) is 49.0 Å². The van der Waals surface area contributed by atoms with Crippen LogP contribution in [0.4, 0.5) is 0 Å². The Labute approximate surface area is 91.1 Å². The number of halogens is 3. The topological polar surface area (TPSA) is 55.1 Å². The van der Waals surface area contributed by atoms with E-state index in [1.165, 1.54) is 0 Å². The summed E-state index contributed by atoms with van der Waals surface area (Å²) in [6, 6.07) is 0. The SMILES string of the molecule is Cl.Cl.Cl.NC(=O)C1CCCNC1. The number of hydrogen-bond donors (Lipinski definition) is 2. The minimum absolute atomic E-state index is 0. The fraction of sp³-hybridized carbons (Fsp3) is 0.833. The van der Waals surface area contributed by atoms with Crippen LogP contribution in [0.25, 0.3) is 0 Å². The number of rotatable bonds is 1. The monoisotopic (exact) mass is 236 g/mol. The van der Waals surface area contributed by atoms with E-state index in [2.05, 4.69) is 5.32 Å². The summed E-state index contributed by atoms with van der Waals surface area (Å²) in [4.78, 5) is 10.5. The first-order chi connectivity index (χ1) is 4.30. The number of primary amides is 1. The van der Waals surface area contributed by atoms with E-state index in [1.807, 2.05) is 0 Å². The second-order valence-electron chi connectivity index (χ2n) is 2.45. The Kier molecular flexibility index (Phi) is 14.2. The first-order valence-electron chi connectivity index (χ1n) is 3.31. The Bertz CT molecular complexity index is 117. The standard InChI is InChI=1S/C6H12N2O.3ClH/c7-6(9)5-2-1-3-8-4-5;;;/h5,8H,1-4H2,(H2,7,9);3*1H. The van der Waals surface area contributed by atoms with Gasteiger partial charge in [0.1, 0.15) is 0 Å². The molecule has 0 radical (unpaired) electrons. The molecule has 1 fully saturated rings. The number of carbonyl (C=O) groups is 1. The maximum Gasteiger partial charge on any atom is 0.221 e. The van der Waals surface area contributed by atoms with Gasteiger partial charge in [-0.3, -0.25) is 4.79 Å². The lowest BCUT2D eigenvalue weighted by Gasteiger charge is -2.18. The van der Waals surface area contributed by atoms with Crippen LogP contribution >= 0.6 is 37.2 Å². The van der Waals surface area contributed by atoms with Crippen molar-refractivity contribution in [3.8, 4) is 0 Å². The summed E-state index contributed by atoms with van der Waals surface area (Å²) in [6.07, 6.45) is 2.04. The highest BCUT2D eigenvalue weighted by atomic mass is 35.5. The average Bonchev–Trinajstić information content (AvgIpc) is 1.90. The molecule has 1 unspecified atom stereocenters. The van der Waals surface area contributed by atoms with Gasteiger partial charge in [-0.05, 0) is 19.4 Å². The Morgan fingerprint density at radius 1 is 1.33 bits per heavy atom. The highest BCUT2D eigenvalue weighted by Crippen LogP contribution is 2.07. The Balaban J connectivity index is -0.000000270. The normalized spacial score (nSPS) is 20.8. The van der Waals surface area contributed by atoms with Crippen molar-refractivity contribution in [1.29, 1.82) is 0 Å². The summed E-state index contributed by atoms with van der Waals surface area (Å²) in [5, 5.41) is 3.12. The summed E-state index contributed by atoms with van der Waals surface area (Å²) in [5.74, 6) is -0.0825. The molecule has 76 valence electrons. The summed E-state index contributed by atoms with van der Waals surface area (Å²) in [5.41, 5.74) is 5.09. The first kappa shape index (κ1) is 18.2. The van der Waals surface area contributed by atoms with Crippen LogP contribution in [0.5, 0.6) is 0 Å². The van der Waals surface area contributed by atoms with Gasteiger partial charge in [-0.15, -0.1) is 37.2 Å².